The molecule has 0 atom stereocenters. The second-order valence-electron chi connectivity index (χ2n) is 4.68. The highest BCUT2D eigenvalue weighted by molar-refractivity contribution is 5.70. The molecule has 84 valence electrons. The van der Waals surface area contributed by atoms with Gasteiger partial charge in [0.15, 0.2) is 0 Å². The van der Waals surface area contributed by atoms with E-state index in [0.717, 1.165) is 17.8 Å². The summed E-state index contributed by atoms with van der Waals surface area (Å²) in [7, 11) is 0. The van der Waals surface area contributed by atoms with Crippen LogP contribution in [0.3, 0.4) is 0 Å². The van der Waals surface area contributed by atoms with E-state index >= 15 is 0 Å². The monoisotopic (exact) mass is 210 g/mol. The highest BCUT2D eigenvalue weighted by atomic mass is 16.4. The van der Waals surface area contributed by atoms with E-state index in [-0.39, 0.29) is 11.8 Å². The van der Waals surface area contributed by atoms with Crippen LogP contribution < -0.4 is 0 Å². The third-order valence-electron chi connectivity index (χ3n) is 2.21. The van der Waals surface area contributed by atoms with Gasteiger partial charge in [0, 0.05) is 23.7 Å². The molecule has 0 aliphatic carbocycles. The molecule has 0 spiro atoms. The molecule has 0 saturated carbocycles. The third-order valence-corrected chi connectivity index (χ3v) is 2.21. The zero-order chi connectivity index (χ0) is 11.6. The Morgan fingerprint density at radius 2 is 2.13 bits per heavy atom. The Labute approximate surface area is 89.9 Å². The molecule has 1 aromatic rings. The number of aromatic nitrogens is 2. The highest BCUT2D eigenvalue weighted by Gasteiger charge is 2.23. The van der Waals surface area contributed by atoms with Crippen molar-refractivity contribution in [1.29, 1.82) is 0 Å². The number of carbonyl (C=O) groups is 1. The van der Waals surface area contributed by atoms with E-state index in [0.29, 0.717) is 0 Å². The zero-order valence-electron chi connectivity index (χ0n) is 9.74. The van der Waals surface area contributed by atoms with Crippen LogP contribution in [0.5, 0.6) is 0 Å². The Bertz CT molecular complexity index is 361. The summed E-state index contributed by atoms with van der Waals surface area (Å²) >= 11 is 0. The number of hydrogen-bond donors (Lipinski definition) is 1. The van der Waals surface area contributed by atoms with Crippen molar-refractivity contribution in [1.82, 2.24) is 9.78 Å². The van der Waals surface area contributed by atoms with Crippen molar-refractivity contribution >= 4 is 5.97 Å². The van der Waals surface area contributed by atoms with Crippen molar-refractivity contribution in [3.8, 4) is 0 Å². The van der Waals surface area contributed by atoms with Crippen LogP contribution >= 0.6 is 0 Å². The van der Waals surface area contributed by atoms with E-state index < -0.39 is 5.97 Å². The van der Waals surface area contributed by atoms with Crippen molar-refractivity contribution in [3.63, 3.8) is 0 Å². The molecular weight excluding hydrogens is 192 g/mol. The lowest BCUT2D eigenvalue weighted by atomic mass is 9.89. The summed E-state index contributed by atoms with van der Waals surface area (Å²) < 4.78 is 1.79. The summed E-state index contributed by atoms with van der Waals surface area (Å²) in [5, 5.41) is 13.2. The summed E-state index contributed by atoms with van der Waals surface area (Å²) in [6, 6.07) is 0. The van der Waals surface area contributed by atoms with Crippen LogP contribution in [0.4, 0.5) is 0 Å². The van der Waals surface area contributed by atoms with Crippen molar-refractivity contribution in [2.75, 3.05) is 0 Å². The predicted octanol–water partition coefficient (Wildman–Crippen LogP) is 1.83. The minimum Gasteiger partial charge on any atom is -0.481 e. The molecule has 1 aromatic heterocycles. The van der Waals surface area contributed by atoms with Gasteiger partial charge in [-0.15, -0.1) is 0 Å². The summed E-state index contributed by atoms with van der Waals surface area (Å²) in [6.45, 7) is 8.88. The first-order valence-electron chi connectivity index (χ1n) is 5.13. The Balaban J connectivity index is 3.12. The van der Waals surface area contributed by atoms with Gasteiger partial charge in [-0.25, -0.2) is 0 Å². The van der Waals surface area contributed by atoms with Crippen molar-refractivity contribution in [2.45, 2.75) is 46.1 Å². The van der Waals surface area contributed by atoms with Gasteiger partial charge >= 0.3 is 5.97 Å². The van der Waals surface area contributed by atoms with Crippen molar-refractivity contribution in [3.05, 3.63) is 17.5 Å². The smallest absolute Gasteiger partial charge is 0.307 e. The van der Waals surface area contributed by atoms with Gasteiger partial charge in [-0.05, 0) is 6.92 Å². The number of aryl methyl sites for hydroxylation is 1. The Hall–Kier alpha value is -1.32. The third kappa shape index (κ3) is 2.81. The minimum atomic E-state index is -0.809. The summed E-state index contributed by atoms with van der Waals surface area (Å²) in [5.74, 6) is -0.809. The minimum absolute atomic E-state index is 0.0482. The van der Waals surface area contributed by atoms with Crippen LogP contribution in [0.25, 0.3) is 0 Å². The van der Waals surface area contributed by atoms with Gasteiger partial charge in [-0.3, -0.25) is 9.48 Å². The van der Waals surface area contributed by atoms with Crippen molar-refractivity contribution < 1.29 is 9.90 Å². The molecule has 4 nitrogen and oxygen atoms in total. The first-order valence-corrected chi connectivity index (χ1v) is 5.13. The molecule has 0 unspecified atom stereocenters. The molecule has 0 aliphatic heterocycles. The highest BCUT2D eigenvalue weighted by Crippen LogP contribution is 2.24. The van der Waals surface area contributed by atoms with E-state index in [1.807, 2.05) is 33.9 Å². The van der Waals surface area contributed by atoms with Gasteiger partial charge in [-0.2, -0.15) is 5.10 Å². The van der Waals surface area contributed by atoms with Crippen LogP contribution in [0, 0.1) is 0 Å². The Morgan fingerprint density at radius 1 is 1.53 bits per heavy atom. The number of aliphatic carboxylic acids is 1. The van der Waals surface area contributed by atoms with Gasteiger partial charge in [0.25, 0.3) is 0 Å². The predicted molar refractivity (Wildman–Crippen MR) is 57.9 cm³/mol. The quantitative estimate of drug-likeness (QED) is 0.828. The van der Waals surface area contributed by atoms with Crippen LogP contribution in [0.1, 0.15) is 39.0 Å². The fourth-order valence-corrected chi connectivity index (χ4v) is 1.55. The molecule has 0 fully saturated rings. The fourth-order valence-electron chi connectivity index (χ4n) is 1.55. The molecule has 0 bridgehead atoms. The van der Waals surface area contributed by atoms with Crippen LogP contribution in [-0.4, -0.2) is 20.9 Å². The second-order valence-corrected chi connectivity index (χ2v) is 4.68. The van der Waals surface area contributed by atoms with E-state index in [9.17, 15) is 4.79 Å². The summed E-state index contributed by atoms with van der Waals surface area (Å²) in [5.41, 5.74) is 1.59. The van der Waals surface area contributed by atoms with Gasteiger partial charge in [0.1, 0.15) is 0 Å². The molecule has 0 aromatic carbocycles. The van der Waals surface area contributed by atoms with Crippen LogP contribution in [-0.2, 0) is 23.2 Å². The van der Waals surface area contributed by atoms with Crippen LogP contribution in [0.2, 0.25) is 0 Å². The first-order chi connectivity index (χ1) is 6.84. The lowest BCUT2D eigenvalue weighted by Gasteiger charge is -2.16. The Kier molecular flexibility index (Phi) is 3.17. The summed E-state index contributed by atoms with van der Waals surface area (Å²) in [4.78, 5) is 10.7. The molecule has 0 saturated heterocycles. The average Bonchev–Trinajstić information content (AvgIpc) is 2.45. The maximum atomic E-state index is 10.7. The number of carboxylic acids is 1. The van der Waals surface area contributed by atoms with Gasteiger partial charge in [-0.1, -0.05) is 20.8 Å². The van der Waals surface area contributed by atoms with Gasteiger partial charge in [0.2, 0.25) is 0 Å². The average molecular weight is 210 g/mol. The molecule has 0 radical (unpaired) electrons. The number of nitrogens with zero attached hydrogens (tertiary/aromatic N) is 2. The number of carboxylic acid groups (broad SMARTS) is 1. The standard InChI is InChI=1S/C11H18N2O2/c1-5-13-7-8(6-9(14)15)10(12-13)11(2,3)4/h7H,5-6H2,1-4H3,(H,14,15). The topological polar surface area (TPSA) is 55.1 Å². The van der Waals surface area contributed by atoms with Gasteiger partial charge in [0.05, 0.1) is 12.1 Å². The molecule has 0 amide bonds. The molecule has 4 heteroatoms. The lowest BCUT2D eigenvalue weighted by Crippen LogP contribution is -2.16. The van der Waals surface area contributed by atoms with E-state index in [1.165, 1.54) is 0 Å². The lowest BCUT2D eigenvalue weighted by molar-refractivity contribution is -0.136. The molecule has 1 heterocycles. The fraction of sp³-hybridized carbons (Fsp3) is 0.636. The first kappa shape index (κ1) is 11.8. The maximum Gasteiger partial charge on any atom is 0.307 e. The largest absolute Gasteiger partial charge is 0.481 e. The van der Waals surface area contributed by atoms with E-state index in [4.69, 9.17) is 5.11 Å². The summed E-state index contributed by atoms with van der Waals surface area (Å²) in [6.07, 6.45) is 1.88. The molecule has 0 aliphatic rings. The molecule has 15 heavy (non-hydrogen) atoms. The molecular formula is C11H18N2O2. The normalized spacial score (nSPS) is 11.7. The number of hydrogen-bond acceptors (Lipinski definition) is 2. The SMILES string of the molecule is CCn1cc(CC(=O)O)c(C(C)(C)C)n1. The molecule has 1 N–H and O–H groups in total. The van der Waals surface area contributed by atoms with Gasteiger partial charge < -0.3 is 5.11 Å². The zero-order valence-corrected chi connectivity index (χ0v) is 9.74. The molecule has 1 rings (SSSR count). The van der Waals surface area contributed by atoms with Crippen molar-refractivity contribution in [2.24, 2.45) is 0 Å². The number of rotatable bonds is 3. The van der Waals surface area contributed by atoms with Crippen LogP contribution in [0.15, 0.2) is 6.20 Å². The second kappa shape index (κ2) is 4.04. The Morgan fingerprint density at radius 3 is 2.53 bits per heavy atom. The van der Waals surface area contributed by atoms with E-state index in [2.05, 4.69) is 5.10 Å². The van der Waals surface area contributed by atoms with E-state index in [1.54, 1.807) is 4.68 Å². The maximum absolute atomic E-state index is 10.7.